The lowest BCUT2D eigenvalue weighted by atomic mass is 9.88. The largest absolute Gasteiger partial charge is 0.545 e. The van der Waals surface area contributed by atoms with E-state index in [0.29, 0.717) is 12.3 Å². The molecule has 0 heterocycles. The highest BCUT2D eigenvalue weighted by atomic mass is 35.5. The highest BCUT2D eigenvalue weighted by molar-refractivity contribution is 6.18. The van der Waals surface area contributed by atoms with Gasteiger partial charge in [0.1, 0.15) is 0 Å². The molecule has 0 saturated carbocycles. The van der Waals surface area contributed by atoms with Gasteiger partial charge < -0.3 is 9.90 Å². The molecule has 64 valence electrons. The third-order valence-corrected chi connectivity index (χ3v) is 2.07. The molecule has 0 amide bonds. The second kappa shape index (κ2) is 3.77. The summed E-state index contributed by atoms with van der Waals surface area (Å²) in [4.78, 5) is 10.2. The Morgan fingerprint density at radius 2 is 2.09 bits per heavy atom. The van der Waals surface area contributed by atoms with Gasteiger partial charge >= 0.3 is 0 Å². The van der Waals surface area contributed by atoms with Crippen LogP contribution in [0.5, 0.6) is 0 Å². The van der Waals surface area contributed by atoms with Gasteiger partial charge in [0, 0.05) is 5.88 Å². The van der Waals surface area contributed by atoms with Crippen LogP contribution < -0.4 is 5.11 Å². The van der Waals surface area contributed by atoms with Gasteiger partial charge in [0.05, 0.1) is 5.97 Å². The molecule has 0 atom stereocenters. The molecule has 0 aromatic heterocycles. The van der Waals surface area contributed by atoms with E-state index in [1.807, 2.05) is 13.8 Å². The Kier molecular flexibility index (Phi) is 3.59. The molecule has 11 heavy (non-hydrogen) atoms. The number of halogens is 1. The molecule has 0 spiro atoms. The molecule has 0 saturated heterocycles. The Hall–Kier alpha value is -0.500. The van der Waals surface area contributed by atoms with Gasteiger partial charge in [-0.3, -0.25) is 0 Å². The van der Waals surface area contributed by atoms with Crippen LogP contribution in [-0.4, -0.2) is 11.8 Å². The molecule has 2 nitrogen and oxygen atoms in total. The molecule has 0 aliphatic carbocycles. The highest BCUT2D eigenvalue weighted by Gasteiger charge is 2.17. The van der Waals surface area contributed by atoms with E-state index in [9.17, 15) is 9.90 Å². The predicted molar refractivity (Wildman–Crippen MR) is 43.3 cm³/mol. The maximum Gasteiger partial charge on any atom is 0.0669 e. The van der Waals surface area contributed by atoms with E-state index < -0.39 is 5.97 Å². The van der Waals surface area contributed by atoms with E-state index in [2.05, 4.69) is 6.58 Å². The number of carbonyl (C=O) groups excluding carboxylic acids is 1. The first kappa shape index (κ1) is 10.5. The van der Waals surface area contributed by atoms with Gasteiger partial charge in [-0.25, -0.2) is 0 Å². The van der Waals surface area contributed by atoms with Crippen LogP contribution >= 0.6 is 11.6 Å². The van der Waals surface area contributed by atoms with Crippen molar-refractivity contribution >= 4 is 17.6 Å². The summed E-state index contributed by atoms with van der Waals surface area (Å²) in [6, 6.07) is 0. The molecule has 0 N–H and O–H groups in total. The van der Waals surface area contributed by atoms with Crippen molar-refractivity contribution in [1.29, 1.82) is 0 Å². The van der Waals surface area contributed by atoms with Crippen molar-refractivity contribution in [3.63, 3.8) is 0 Å². The van der Waals surface area contributed by atoms with Crippen molar-refractivity contribution in [1.82, 2.24) is 0 Å². The molecule has 0 fully saturated rings. The van der Waals surface area contributed by atoms with Gasteiger partial charge in [-0.05, 0) is 17.4 Å². The SMILES string of the molecule is C=C(CC(C)(C)CCl)C(=O)[O-]. The average Bonchev–Trinajstić information content (AvgIpc) is 1.87. The van der Waals surface area contributed by atoms with Crippen LogP contribution in [0.15, 0.2) is 12.2 Å². The first-order chi connectivity index (χ1) is 4.89. The topological polar surface area (TPSA) is 40.1 Å². The fourth-order valence-corrected chi connectivity index (χ4v) is 0.792. The minimum absolute atomic E-state index is 0.107. The van der Waals surface area contributed by atoms with Gasteiger partial charge in [-0.15, -0.1) is 11.6 Å². The van der Waals surface area contributed by atoms with Crippen LogP contribution in [0.4, 0.5) is 0 Å². The van der Waals surface area contributed by atoms with Gasteiger partial charge in [-0.2, -0.15) is 0 Å². The maximum absolute atomic E-state index is 10.2. The molecule has 0 aliphatic heterocycles. The summed E-state index contributed by atoms with van der Waals surface area (Å²) in [6.45, 7) is 7.13. The number of carboxylic acids is 1. The summed E-state index contributed by atoms with van der Waals surface area (Å²) >= 11 is 5.59. The zero-order valence-corrected chi connectivity index (χ0v) is 7.57. The lowest BCUT2D eigenvalue weighted by molar-refractivity contribution is -0.299. The molecule has 0 aliphatic rings. The Balaban J connectivity index is 4.04. The smallest absolute Gasteiger partial charge is 0.0669 e. The maximum atomic E-state index is 10.2. The van der Waals surface area contributed by atoms with E-state index in [-0.39, 0.29) is 11.0 Å². The normalized spacial score (nSPS) is 11.2. The lowest BCUT2D eigenvalue weighted by Crippen LogP contribution is -2.27. The van der Waals surface area contributed by atoms with Crippen molar-refractivity contribution < 1.29 is 9.90 Å². The van der Waals surface area contributed by atoms with Crippen LogP contribution in [0.1, 0.15) is 20.3 Å². The predicted octanol–water partition coefficient (Wildman–Crippen LogP) is 0.948. The Labute approximate surface area is 71.9 Å². The van der Waals surface area contributed by atoms with E-state index in [1.165, 1.54) is 0 Å². The highest BCUT2D eigenvalue weighted by Crippen LogP contribution is 2.25. The van der Waals surface area contributed by atoms with Crippen molar-refractivity contribution in [3.8, 4) is 0 Å². The van der Waals surface area contributed by atoms with Crippen molar-refractivity contribution in [2.45, 2.75) is 20.3 Å². The minimum atomic E-state index is -1.19. The molecule has 0 radical (unpaired) electrons. The monoisotopic (exact) mass is 175 g/mol. The van der Waals surface area contributed by atoms with Crippen LogP contribution in [0.25, 0.3) is 0 Å². The zero-order valence-electron chi connectivity index (χ0n) is 6.82. The number of hydrogen-bond donors (Lipinski definition) is 0. The second-order valence-electron chi connectivity index (χ2n) is 3.37. The number of carboxylic acid groups (broad SMARTS) is 1. The van der Waals surface area contributed by atoms with Crippen molar-refractivity contribution in [2.24, 2.45) is 5.41 Å². The van der Waals surface area contributed by atoms with Crippen LogP contribution in [0.3, 0.4) is 0 Å². The standard InChI is InChI=1S/C8H13ClO2/c1-6(7(10)11)4-8(2,3)5-9/h1,4-5H2,2-3H3,(H,10,11)/p-1. The average molecular weight is 176 g/mol. The van der Waals surface area contributed by atoms with Crippen LogP contribution in [0.2, 0.25) is 0 Å². The molecular formula is C8H12ClO2-. The van der Waals surface area contributed by atoms with Crippen molar-refractivity contribution in [3.05, 3.63) is 12.2 Å². The van der Waals surface area contributed by atoms with Gasteiger partial charge in [-0.1, -0.05) is 20.4 Å². The molecule has 0 bridgehead atoms. The third-order valence-electron chi connectivity index (χ3n) is 1.34. The summed E-state index contributed by atoms with van der Waals surface area (Å²) < 4.78 is 0. The quantitative estimate of drug-likeness (QED) is 0.472. The van der Waals surface area contributed by atoms with Gasteiger partial charge in [0.2, 0.25) is 0 Å². The molecular weight excluding hydrogens is 164 g/mol. The molecule has 0 aromatic rings. The zero-order chi connectivity index (χ0) is 9.07. The van der Waals surface area contributed by atoms with E-state index in [0.717, 1.165) is 0 Å². The van der Waals surface area contributed by atoms with Crippen LogP contribution in [-0.2, 0) is 4.79 Å². The number of carbonyl (C=O) groups is 1. The van der Waals surface area contributed by atoms with Crippen molar-refractivity contribution in [2.75, 3.05) is 5.88 Å². The number of rotatable bonds is 4. The summed E-state index contributed by atoms with van der Waals surface area (Å²) in [7, 11) is 0. The fourth-order valence-electron chi connectivity index (χ4n) is 0.697. The Morgan fingerprint density at radius 1 is 1.64 bits per heavy atom. The first-order valence-electron chi connectivity index (χ1n) is 3.34. The minimum Gasteiger partial charge on any atom is -0.545 e. The molecule has 0 unspecified atom stereocenters. The number of aliphatic carboxylic acids is 1. The second-order valence-corrected chi connectivity index (χ2v) is 3.63. The Morgan fingerprint density at radius 3 is 2.36 bits per heavy atom. The third kappa shape index (κ3) is 4.04. The Bertz CT molecular complexity index is 173. The number of hydrogen-bond acceptors (Lipinski definition) is 2. The van der Waals surface area contributed by atoms with Crippen LogP contribution in [0, 0.1) is 5.41 Å². The first-order valence-corrected chi connectivity index (χ1v) is 3.87. The summed E-state index contributed by atoms with van der Waals surface area (Å²) in [6.07, 6.45) is 0.374. The van der Waals surface area contributed by atoms with E-state index in [1.54, 1.807) is 0 Å². The number of alkyl halides is 1. The van der Waals surface area contributed by atoms with E-state index >= 15 is 0 Å². The molecule has 0 aromatic carbocycles. The summed E-state index contributed by atoms with van der Waals surface area (Å²) in [5.74, 6) is -0.776. The summed E-state index contributed by atoms with van der Waals surface area (Å²) in [5, 5.41) is 10.2. The summed E-state index contributed by atoms with van der Waals surface area (Å²) in [5.41, 5.74) is -0.103. The molecule has 3 heteroatoms. The lowest BCUT2D eigenvalue weighted by Gasteiger charge is -2.22. The van der Waals surface area contributed by atoms with Gasteiger partial charge in [0.25, 0.3) is 0 Å². The van der Waals surface area contributed by atoms with Gasteiger partial charge in [0.15, 0.2) is 0 Å². The van der Waals surface area contributed by atoms with E-state index in [4.69, 9.17) is 11.6 Å². The molecule has 0 rings (SSSR count). The fraction of sp³-hybridized carbons (Fsp3) is 0.625.